The quantitative estimate of drug-likeness (QED) is 0.818. The third kappa shape index (κ3) is 5.36. The smallest absolute Gasteiger partial charge is 0.253 e. The van der Waals surface area contributed by atoms with Gasteiger partial charge in [-0.1, -0.05) is 24.3 Å². The van der Waals surface area contributed by atoms with Crippen LogP contribution in [0.3, 0.4) is 0 Å². The molecular weight excluding hydrogens is 356 g/mol. The molecule has 0 aliphatic carbocycles. The molecule has 0 bridgehead atoms. The second-order valence-corrected chi connectivity index (χ2v) is 7.73. The van der Waals surface area contributed by atoms with Crippen LogP contribution in [0.4, 0.5) is 0 Å². The summed E-state index contributed by atoms with van der Waals surface area (Å²) < 4.78 is 0. The first-order valence-corrected chi connectivity index (χ1v) is 10.8. The van der Waals surface area contributed by atoms with Gasteiger partial charge in [0.2, 0.25) is 0 Å². The zero-order chi connectivity index (χ0) is 19.1. The van der Waals surface area contributed by atoms with E-state index in [4.69, 9.17) is 0 Å². The maximum absolute atomic E-state index is 12.5. The van der Waals surface area contributed by atoms with Crippen molar-refractivity contribution >= 4 is 23.6 Å². The summed E-state index contributed by atoms with van der Waals surface area (Å²) in [6, 6.07) is 15.3. The van der Waals surface area contributed by atoms with Crippen LogP contribution in [-0.4, -0.2) is 36.1 Å². The van der Waals surface area contributed by atoms with Crippen LogP contribution in [-0.2, 0) is 12.3 Å². The number of carbonyl (C=O) groups excluding carboxylic acids is 2. The number of nitrogens with zero attached hydrogens (tertiary/aromatic N) is 1. The molecule has 5 heteroatoms. The van der Waals surface area contributed by atoms with E-state index in [2.05, 4.69) is 5.32 Å². The van der Waals surface area contributed by atoms with Gasteiger partial charge in [-0.2, -0.15) is 11.8 Å². The Bertz CT molecular complexity index is 783. The lowest BCUT2D eigenvalue weighted by atomic mass is 10.1. The minimum atomic E-state index is -0.0774. The highest BCUT2D eigenvalue weighted by atomic mass is 32.2. The first-order chi connectivity index (χ1) is 13.2. The van der Waals surface area contributed by atoms with Gasteiger partial charge in [-0.05, 0) is 60.9 Å². The Hall–Kier alpha value is -2.27. The van der Waals surface area contributed by atoms with Crippen LogP contribution in [0.25, 0.3) is 0 Å². The topological polar surface area (TPSA) is 49.4 Å². The predicted octanol–water partition coefficient (Wildman–Crippen LogP) is 4.11. The van der Waals surface area contributed by atoms with Crippen molar-refractivity contribution in [3.05, 3.63) is 70.8 Å². The average molecular weight is 383 g/mol. The van der Waals surface area contributed by atoms with E-state index in [-0.39, 0.29) is 11.8 Å². The molecule has 4 nitrogen and oxygen atoms in total. The van der Waals surface area contributed by atoms with Gasteiger partial charge < -0.3 is 10.2 Å². The number of hydrogen-bond donors (Lipinski definition) is 1. The third-order valence-electron chi connectivity index (χ3n) is 4.80. The lowest BCUT2D eigenvalue weighted by molar-refractivity contribution is 0.0724. The van der Waals surface area contributed by atoms with Crippen molar-refractivity contribution in [1.29, 1.82) is 0 Å². The molecule has 1 fully saturated rings. The molecule has 2 aromatic carbocycles. The molecule has 0 aromatic heterocycles. The second kappa shape index (κ2) is 9.60. The Kier molecular flexibility index (Phi) is 6.93. The summed E-state index contributed by atoms with van der Waals surface area (Å²) >= 11 is 1.74. The molecule has 0 radical (unpaired) electrons. The van der Waals surface area contributed by atoms with Gasteiger partial charge in [0.25, 0.3) is 11.8 Å². The summed E-state index contributed by atoms with van der Waals surface area (Å²) in [5, 5.41) is 2.96. The second-order valence-electron chi connectivity index (χ2n) is 6.87. The van der Waals surface area contributed by atoms with E-state index in [0.717, 1.165) is 48.4 Å². The molecule has 1 heterocycles. The molecule has 1 aliphatic rings. The van der Waals surface area contributed by atoms with Crippen LogP contribution in [0.1, 0.15) is 51.1 Å². The monoisotopic (exact) mass is 382 g/mol. The summed E-state index contributed by atoms with van der Waals surface area (Å²) in [6.45, 7) is 2.16. The van der Waals surface area contributed by atoms with Crippen molar-refractivity contribution in [2.24, 2.45) is 0 Å². The molecular formula is C22H26N2O2S. The maximum atomic E-state index is 12.5. The molecule has 1 N–H and O–H groups in total. The predicted molar refractivity (Wildman–Crippen MR) is 111 cm³/mol. The molecule has 2 amide bonds. The van der Waals surface area contributed by atoms with Gasteiger partial charge >= 0.3 is 0 Å². The summed E-state index contributed by atoms with van der Waals surface area (Å²) in [7, 11) is 0. The fraction of sp³-hybridized carbons (Fsp3) is 0.364. The number of hydrogen-bond acceptors (Lipinski definition) is 3. The zero-order valence-corrected chi connectivity index (χ0v) is 16.6. The van der Waals surface area contributed by atoms with Crippen LogP contribution in [0.15, 0.2) is 48.5 Å². The Morgan fingerprint density at radius 1 is 0.963 bits per heavy atom. The first-order valence-electron chi connectivity index (χ1n) is 9.41. The van der Waals surface area contributed by atoms with Gasteiger partial charge in [-0.25, -0.2) is 0 Å². The first kappa shape index (κ1) is 19.5. The van der Waals surface area contributed by atoms with Crippen molar-refractivity contribution in [3.63, 3.8) is 0 Å². The number of benzene rings is 2. The summed E-state index contributed by atoms with van der Waals surface area (Å²) in [6.07, 6.45) is 5.44. The lowest BCUT2D eigenvalue weighted by Gasteiger charge is -2.26. The molecule has 0 unspecified atom stereocenters. The number of rotatable bonds is 6. The van der Waals surface area contributed by atoms with Crippen molar-refractivity contribution < 1.29 is 9.59 Å². The largest absolute Gasteiger partial charge is 0.348 e. The minimum absolute atomic E-state index is 0.0774. The fourth-order valence-electron chi connectivity index (χ4n) is 3.30. The van der Waals surface area contributed by atoms with E-state index in [1.165, 1.54) is 6.42 Å². The molecule has 0 spiro atoms. The average Bonchev–Trinajstić information content (AvgIpc) is 2.73. The standard InChI is InChI=1S/C22H26N2O2S/c1-27-16-18-6-5-7-20(14-18)21(25)23-15-17-8-10-19(11-9-17)22(26)24-12-3-2-4-13-24/h5-11,14H,2-4,12-13,15-16H2,1H3,(H,23,25). The van der Waals surface area contributed by atoms with Crippen molar-refractivity contribution in [2.75, 3.05) is 19.3 Å². The molecule has 27 heavy (non-hydrogen) atoms. The Labute approximate surface area is 165 Å². The van der Waals surface area contributed by atoms with Crippen LogP contribution in [0, 0.1) is 0 Å². The molecule has 1 saturated heterocycles. The molecule has 2 aromatic rings. The van der Waals surface area contributed by atoms with Crippen LogP contribution in [0.5, 0.6) is 0 Å². The van der Waals surface area contributed by atoms with Crippen molar-refractivity contribution in [3.8, 4) is 0 Å². The number of amides is 2. The minimum Gasteiger partial charge on any atom is -0.348 e. The van der Waals surface area contributed by atoms with Gasteiger partial charge in [0.05, 0.1) is 0 Å². The Morgan fingerprint density at radius 2 is 1.70 bits per heavy atom. The van der Waals surface area contributed by atoms with E-state index < -0.39 is 0 Å². The third-order valence-corrected chi connectivity index (χ3v) is 5.42. The molecule has 1 aliphatic heterocycles. The van der Waals surface area contributed by atoms with Gasteiger partial charge in [0.15, 0.2) is 0 Å². The van der Waals surface area contributed by atoms with Crippen molar-refractivity contribution in [1.82, 2.24) is 10.2 Å². The number of thioether (sulfide) groups is 1. The van der Waals surface area contributed by atoms with E-state index in [1.54, 1.807) is 11.8 Å². The molecule has 3 rings (SSSR count). The highest BCUT2D eigenvalue weighted by Gasteiger charge is 2.17. The van der Waals surface area contributed by atoms with Gasteiger partial charge in [0.1, 0.15) is 0 Å². The summed E-state index contributed by atoms with van der Waals surface area (Å²) in [4.78, 5) is 26.8. The van der Waals surface area contributed by atoms with E-state index in [1.807, 2.05) is 59.7 Å². The SMILES string of the molecule is CSCc1cccc(C(=O)NCc2ccc(C(=O)N3CCCCC3)cc2)c1. The van der Waals surface area contributed by atoms with E-state index >= 15 is 0 Å². The summed E-state index contributed by atoms with van der Waals surface area (Å²) in [5.41, 5.74) is 3.53. The van der Waals surface area contributed by atoms with Crippen LogP contribution in [0.2, 0.25) is 0 Å². The van der Waals surface area contributed by atoms with E-state index in [9.17, 15) is 9.59 Å². The number of carbonyl (C=O) groups is 2. The molecule has 0 saturated carbocycles. The van der Waals surface area contributed by atoms with Crippen molar-refractivity contribution in [2.45, 2.75) is 31.6 Å². The Morgan fingerprint density at radius 3 is 2.41 bits per heavy atom. The van der Waals surface area contributed by atoms with E-state index in [0.29, 0.717) is 12.1 Å². The number of piperidine rings is 1. The highest BCUT2D eigenvalue weighted by molar-refractivity contribution is 7.97. The van der Waals surface area contributed by atoms with Gasteiger partial charge in [-0.3, -0.25) is 9.59 Å². The van der Waals surface area contributed by atoms with Crippen LogP contribution < -0.4 is 5.32 Å². The number of nitrogens with one attached hydrogen (secondary N) is 1. The number of likely N-dealkylation sites (tertiary alicyclic amines) is 1. The zero-order valence-electron chi connectivity index (χ0n) is 15.7. The Balaban J connectivity index is 1.56. The summed E-state index contributed by atoms with van der Waals surface area (Å²) in [5.74, 6) is 0.926. The highest BCUT2D eigenvalue weighted by Crippen LogP contribution is 2.14. The lowest BCUT2D eigenvalue weighted by Crippen LogP contribution is -2.35. The van der Waals surface area contributed by atoms with Gasteiger partial charge in [0, 0.05) is 36.5 Å². The van der Waals surface area contributed by atoms with Crippen LogP contribution >= 0.6 is 11.8 Å². The molecule has 142 valence electrons. The molecule has 0 atom stereocenters. The normalized spacial score (nSPS) is 14.0. The fourth-order valence-corrected chi connectivity index (χ4v) is 3.81. The maximum Gasteiger partial charge on any atom is 0.253 e. The van der Waals surface area contributed by atoms with Gasteiger partial charge in [-0.15, -0.1) is 0 Å².